The summed E-state index contributed by atoms with van der Waals surface area (Å²) in [4.78, 5) is 2.30. The van der Waals surface area contributed by atoms with Gasteiger partial charge in [-0.25, -0.2) is 4.39 Å². The lowest BCUT2D eigenvalue weighted by atomic mass is 9.81. The van der Waals surface area contributed by atoms with Gasteiger partial charge in [0.25, 0.3) is 0 Å². The van der Waals surface area contributed by atoms with Crippen LogP contribution in [0.2, 0.25) is 0 Å². The van der Waals surface area contributed by atoms with Crippen molar-refractivity contribution in [2.75, 3.05) is 13.1 Å². The van der Waals surface area contributed by atoms with E-state index in [1.807, 2.05) is 0 Å². The van der Waals surface area contributed by atoms with Crippen LogP contribution in [0.25, 0.3) is 0 Å². The zero-order valence-electron chi connectivity index (χ0n) is 13.5. The Balaban J connectivity index is 3.06. The van der Waals surface area contributed by atoms with Crippen molar-refractivity contribution in [1.29, 1.82) is 0 Å². The minimum absolute atomic E-state index is 0.252. The van der Waals surface area contributed by atoms with Gasteiger partial charge in [0.1, 0.15) is 5.82 Å². The molecule has 0 radical (unpaired) electrons. The second-order valence-corrected chi connectivity index (χ2v) is 6.35. The summed E-state index contributed by atoms with van der Waals surface area (Å²) in [6.07, 6.45) is 1.45. The van der Waals surface area contributed by atoms with Gasteiger partial charge in [-0.05, 0) is 49.7 Å². The lowest BCUT2D eigenvalue weighted by molar-refractivity contribution is -0.0344. The van der Waals surface area contributed by atoms with Gasteiger partial charge in [0.2, 0.25) is 0 Å². The van der Waals surface area contributed by atoms with Crippen molar-refractivity contribution >= 4 is 15.9 Å². The SMILES string of the molecule is CCN(CC)C(CC)(CC)C(O)Cc1cc(Br)ccc1F. The Bertz CT molecular complexity index is 444. The van der Waals surface area contributed by atoms with Crippen molar-refractivity contribution in [2.45, 2.75) is 58.6 Å². The van der Waals surface area contributed by atoms with Gasteiger partial charge in [-0.1, -0.05) is 43.6 Å². The molecule has 0 fully saturated rings. The summed E-state index contributed by atoms with van der Waals surface area (Å²) in [5.74, 6) is -0.252. The highest BCUT2D eigenvalue weighted by Gasteiger charge is 2.39. The highest BCUT2D eigenvalue weighted by Crippen LogP contribution is 2.31. The number of rotatable bonds is 8. The summed E-state index contributed by atoms with van der Waals surface area (Å²) < 4.78 is 14.8. The first-order chi connectivity index (χ1) is 9.94. The molecule has 0 saturated carbocycles. The fourth-order valence-corrected chi connectivity index (χ4v) is 3.74. The van der Waals surface area contributed by atoms with E-state index in [4.69, 9.17) is 0 Å². The number of hydrogen-bond acceptors (Lipinski definition) is 2. The van der Waals surface area contributed by atoms with Crippen LogP contribution in [0.5, 0.6) is 0 Å². The number of nitrogens with zero attached hydrogens (tertiary/aromatic N) is 1. The molecule has 0 aliphatic rings. The standard InChI is InChI=1S/C17H27BrFNO/c1-5-17(6-2,20(7-3)8-4)16(21)12-13-11-14(18)9-10-15(13)19/h9-11,16,21H,5-8,12H2,1-4H3. The normalized spacial score (nSPS) is 13.7. The summed E-state index contributed by atoms with van der Waals surface area (Å²) in [6.45, 7) is 10.2. The molecule has 0 aliphatic heterocycles. The first-order valence-corrected chi connectivity index (χ1v) is 8.61. The Morgan fingerprint density at radius 2 is 1.76 bits per heavy atom. The Morgan fingerprint density at radius 3 is 2.24 bits per heavy atom. The van der Waals surface area contributed by atoms with Gasteiger partial charge in [-0.15, -0.1) is 0 Å². The van der Waals surface area contributed by atoms with E-state index >= 15 is 0 Å². The van der Waals surface area contributed by atoms with Gasteiger partial charge in [0.15, 0.2) is 0 Å². The minimum atomic E-state index is -0.587. The van der Waals surface area contributed by atoms with Crippen LogP contribution in [0, 0.1) is 5.82 Å². The first kappa shape index (κ1) is 18.6. The third kappa shape index (κ3) is 4.05. The third-order valence-corrected chi connectivity index (χ3v) is 5.15. The topological polar surface area (TPSA) is 23.5 Å². The molecule has 0 spiro atoms. The Hall–Kier alpha value is -0.450. The molecule has 4 heteroatoms. The fraction of sp³-hybridized carbons (Fsp3) is 0.647. The highest BCUT2D eigenvalue weighted by atomic mass is 79.9. The van der Waals surface area contributed by atoms with E-state index in [1.54, 1.807) is 12.1 Å². The van der Waals surface area contributed by atoms with Crippen molar-refractivity contribution in [3.63, 3.8) is 0 Å². The summed E-state index contributed by atoms with van der Waals surface area (Å²) in [7, 11) is 0. The van der Waals surface area contributed by atoms with Gasteiger partial charge in [-0.2, -0.15) is 0 Å². The van der Waals surface area contributed by atoms with E-state index in [9.17, 15) is 9.50 Å². The lowest BCUT2D eigenvalue weighted by Gasteiger charge is -2.46. The van der Waals surface area contributed by atoms with Crippen LogP contribution < -0.4 is 0 Å². The molecule has 0 bridgehead atoms. The second kappa shape index (κ2) is 8.25. The van der Waals surface area contributed by atoms with Crippen molar-refractivity contribution in [1.82, 2.24) is 4.90 Å². The molecule has 1 atom stereocenters. The summed E-state index contributed by atoms with van der Waals surface area (Å²) in [5, 5.41) is 10.8. The average Bonchev–Trinajstić information content (AvgIpc) is 2.48. The van der Waals surface area contributed by atoms with E-state index in [1.165, 1.54) is 6.07 Å². The third-order valence-electron chi connectivity index (χ3n) is 4.66. The maximum absolute atomic E-state index is 13.9. The molecule has 1 aromatic rings. The van der Waals surface area contributed by atoms with E-state index in [0.717, 1.165) is 30.4 Å². The van der Waals surface area contributed by atoms with Crippen LogP contribution in [0.15, 0.2) is 22.7 Å². The van der Waals surface area contributed by atoms with Gasteiger partial charge >= 0.3 is 0 Å². The van der Waals surface area contributed by atoms with Gasteiger partial charge < -0.3 is 5.11 Å². The zero-order chi connectivity index (χ0) is 16.0. The molecular formula is C17H27BrFNO. The summed E-state index contributed by atoms with van der Waals surface area (Å²) in [6, 6.07) is 4.89. The predicted molar refractivity (Wildman–Crippen MR) is 90.0 cm³/mol. The van der Waals surface area contributed by atoms with Crippen molar-refractivity contribution in [3.05, 3.63) is 34.1 Å². The molecule has 1 N–H and O–H groups in total. The van der Waals surface area contributed by atoms with E-state index in [0.29, 0.717) is 12.0 Å². The van der Waals surface area contributed by atoms with Crippen LogP contribution in [0.4, 0.5) is 4.39 Å². The highest BCUT2D eigenvalue weighted by molar-refractivity contribution is 9.10. The van der Waals surface area contributed by atoms with Gasteiger partial charge in [0, 0.05) is 16.4 Å². The number of aliphatic hydroxyl groups excluding tert-OH is 1. The van der Waals surface area contributed by atoms with Crippen molar-refractivity contribution in [2.24, 2.45) is 0 Å². The molecule has 2 nitrogen and oxygen atoms in total. The molecule has 21 heavy (non-hydrogen) atoms. The van der Waals surface area contributed by atoms with Gasteiger partial charge in [0.05, 0.1) is 6.10 Å². The number of halogens is 2. The summed E-state index contributed by atoms with van der Waals surface area (Å²) in [5.41, 5.74) is 0.272. The number of hydrogen-bond donors (Lipinski definition) is 1. The number of benzene rings is 1. The molecular weight excluding hydrogens is 333 g/mol. The predicted octanol–water partition coefficient (Wildman–Crippen LogP) is 4.39. The number of aliphatic hydroxyl groups is 1. The quantitative estimate of drug-likeness (QED) is 0.743. The number of likely N-dealkylation sites (N-methyl/N-ethyl adjacent to an activating group) is 1. The fourth-order valence-electron chi connectivity index (χ4n) is 3.33. The minimum Gasteiger partial charge on any atom is -0.391 e. The van der Waals surface area contributed by atoms with Crippen molar-refractivity contribution in [3.8, 4) is 0 Å². The van der Waals surface area contributed by atoms with Crippen molar-refractivity contribution < 1.29 is 9.50 Å². The zero-order valence-corrected chi connectivity index (χ0v) is 15.1. The molecule has 1 aromatic carbocycles. The molecule has 0 heterocycles. The van der Waals surface area contributed by atoms with Crippen LogP contribution >= 0.6 is 15.9 Å². The molecule has 0 amide bonds. The smallest absolute Gasteiger partial charge is 0.126 e. The molecule has 1 unspecified atom stereocenters. The van der Waals surface area contributed by atoms with Crippen LogP contribution in [-0.4, -0.2) is 34.7 Å². The summed E-state index contributed by atoms with van der Waals surface area (Å²) >= 11 is 3.37. The van der Waals surface area contributed by atoms with E-state index < -0.39 is 6.10 Å². The maximum atomic E-state index is 13.9. The second-order valence-electron chi connectivity index (χ2n) is 5.44. The molecule has 0 aromatic heterocycles. The largest absolute Gasteiger partial charge is 0.391 e. The molecule has 0 aliphatic carbocycles. The average molecular weight is 360 g/mol. The monoisotopic (exact) mass is 359 g/mol. The molecule has 120 valence electrons. The Kier molecular flexibility index (Phi) is 7.31. The van der Waals surface area contributed by atoms with E-state index in [2.05, 4.69) is 48.5 Å². The van der Waals surface area contributed by atoms with Crippen LogP contribution in [-0.2, 0) is 6.42 Å². The van der Waals surface area contributed by atoms with E-state index in [-0.39, 0.29) is 11.4 Å². The Labute approximate surface area is 136 Å². The van der Waals surface area contributed by atoms with Crippen LogP contribution in [0.3, 0.4) is 0 Å². The first-order valence-electron chi connectivity index (χ1n) is 7.82. The molecule has 1 rings (SSSR count). The maximum Gasteiger partial charge on any atom is 0.126 e. The van der Waals surface area contributed by atoms with Gasteiger partial charge in [-0.3, -0.25) is 4.90 Å². The lowest BCUT2D eigenvalue weighted by Crippen LogP contribution is -2.56. The molecule has 0 saturated heterocycles. The Morgan fingerprint density at radius 1 is 1.19 bits per heavy atom. The van der Waals surface area contributed by atoms with Crippen LogP contribution in [0.1, 0.15) is 46.1 Å².